The number of rotatable bonds is 4. The Hall–Kier alpha value is -2.03. The molecule has 2 aromatic rings. The first-order valence-corrected chi connectivity index (χ1v) is 6.07. The van der Waals surface area contributed by atoms with E-state index in [0.717, 1.165) is 23.1 Å². The zero-order valence-corrected chi connectivity index (χ0v) is 10.8. The molecule has 1 aromatic heterocycles. The van der Waals surface area contributed by atoms with Crippen molar-refractivity contribution in [2.45, 2.75) is 26.8 Å². The smallest absolute Gasteiger partial charge is 0.408 e. The second-order valence-electron chi connectivity index (χ2n) is 4.32. The number of oxazole rings is 1. The van der Waals surface area contributed by atoms with Crippen molar-refractivity contribution < 1.29 is 4.42 Å². The largest absolute Gasteiger partial charge is 0.420 e. The number of hydrogen-bond acceptors (Lipinski definition) is 2. The van der Waals surface area contributed by atoms with Crippen LogP contribution in [0.4, 0.5) is 0 Å². The third kappa shape index (κ3) is 2.30. The van der Waals surface area contributed by atoms with Crippen molar-refractivity contribution in [2.24, 2.45) is 0 Å². The average molecular weight is 243 g/mol. The van der Waals surface area contributed by atoms with Gasteiger partial charge in [0.2, 0.25) is 0 Å². The van der Waals surface area contributed by atoms with E-state index in [1.165, 1.54) is 0 Å². The number of benzene rings is 1. The van der Waals surface area contributed by atoms with Gasteiger partial charge in [-0.2, -0.15) is 0 Å². The van der Waals surface area contributed by atoms with Crippen molar-refractivity contribution in [3.8, 4) is 0 Å². The molecular weight excluding hydrogens is 226 g/mol. The summed E-state index contributed by atoms with van der Waals surface area (Å²) < 4.78 is 6.88. The summed E-state index contributed by atoms with van der Waals surface area (Å²) in [5, 5.41) is 0. The summed E-state index contributed by atoms with van der Waals surface area (Å²) in [6.45, 7) is 8.42. The third-order valence-electron chi connectivity index (χ3n) is 2.85. The Balaban J connectivity index is 2.49. The van der Waals surface area contributed by atoms with Gasteiger partial charge in [-0.1, -0.05) is 37.3 Å². The van der Waals surface area contributed by atoms with Gasteiger partial charge in [0.25, 0.3) is 0 Å². The van der Waals surface area contributed by atoms with Gasteiger partial charge in [-0.05, 0) is 31.0 Å². The van der Waals surface area contributed by atoms with Gasteiger partial charge in [0.15, 0.2) is 5.58 Å². The van der Waals surface area contributed by atoms with E-state index in [2.05, 4.69) is 13.5 Å². The van der Waals surface area contributed by atoms with Crippen LogP contribution in [-0.2, 0) is 6.54 Å². The molecule has 1 aromatic carbocycles. The van der Waals surface area contributed by atoms with E-state index >= 15 is 0 Å². The Bertz CT molecular complexity index is 659. The number of fused-ring (bicyclic) bond motifs is 1. The van der Waals surface area contributed by atoms with Crippen LogP contribution < -0.4 is 5.76 Å². The molecule has 0 aliphatic heterocycles. The molecule has 0 atom stereocenters. The summed E-state index contributed by atoms with van der Waals surface area (Å²) in [4.78, 5) is 11.8. The SMILES string of the molecule is C=C(C)c1ccc2c(c1)oc(=O)n2C/C=C/CC. The van der Waals surface area contributed by atoms with Gasteiger partial charge in [-0.3, -0.25) is 4.57 Å². The summed E-state index contributed by atoms with van der Waals surface area (Å²) in [6, 6.07) is 5.72. The summed E-state index contributed by atoms with van der Waals surface area (Å²) in [5.41, 5.74) is 3.39. The molecule has 1 heterocycles. The van der Waals surface area contributed by atoms with E-state index in [-0.39, 0.29) is 5.76 Å². The first kappa shape index (κ1) is 12.4. The van der Waals surface area contributed by atoms with E-state index in [0.29, 0.717) is 12.1 Å². The van der Waals surface area contributed by atoms with Crippen LogP contribution in [0.25, 0.3) is 16.7 Å². The average Bonchev–Trinajstić information content (AvgIpc) is 2.65. The van der Waals surface area contributed by atoms with Crippen molar-refractivity contribution in [1.82, 2.24) is 4.57 Å². The van der Waals surface area contributed by atoms with E-state index in [1.807, 2.05) is 37.3 Å². The molecule has 0 saturated carbocycles. The van der Waals surface area contributed by atoms with Gasteiger partial charge in [0, 0.05) is 6.54 Å². The number of aromatic nitrogens is 1. The molecule has 0 amide bonds. The van der Waals surface area contributed by atoms with Crippen LogP contribution in [-0.4, -0.2) is 4.57 Å². The normalized spacial score (nSPS) is 11.4. The van der Waals surface area contributed by atoms with Crippen molar-refractivity contribution in [3.63, 3.8) is 0 Å². The van der Waals surface area contributed by atoms with E-state index in [1.54, 1.807) is 4.57 Å². The highest BCUT2D eigenvalue weighted by Gasteiger charge is 2.08. The zero-order valence-electron chi connectivity index (χ0n) is 10.8. The number of nitrogens with zero attached hydrogens (tertiary/aromatic N) is 1. The highest BCUT2D eigenvalue weighted by atomic mass is 16.4. The van der Waals surface area contributed by atoms with Crippen LogP contribution in [0, 0.1) is 0 Å². The molecule has 0 fully saturated rings. The number of allylic oxidation sites excluding steroid dienone is 3. The molecule has 0 aliphatic rings. The minimum absolute atomic E-state index is 0.315. The Labute approximate surface area is 106 Å². The Morgan fingerprint density at radius 2 is 2.22 bits per heavy atom. The lowest BCUT2D eigenvalue weighted by Crippen LogP contribution is -2.12. The fourth-order valence-electron chi connectivity index (χ4n) is 1.85. The third-order valence-corrected chi connectivity index (χ3v) is 2.85. The van der Waals surface area contributed by atoms with Crippen molar-refractivity contribution in [2.75, 3.05) is 0 Å². The molecule has 3 heteroatoms. The van der Waals surface area contributed by atoms with Crippen molar-refractivity contribution in [1.29, 1.82) is 0 Å². The summed E-state index contributed by atoms with van der Waals surface area (Å²) in [7, 11) is 0. The van der Waals surface area contributed by atoms with Crippen LogP contribution in [0.15, 0.2) is 46.1 Å². The number of hydrogen-bond donors (Lipinski definition) is 0. The second-order valence-corrected chi connectivity index (χ2v) is 4.32. The lowest BCUT2D eigenvalue weighted by Gasteiger charge is -2.00. The summed E-state index contributed by atoms with van der Waals surface area (Å²) in [6.07, 6.45) is 4.97. The second kappa shape index (κ2) is 5.08. The molecule has 0 aliphatic carbocycles. The van der Waals surface area contributed by atoms with Gasteiger partial charge >= 0.3 is 5.76 Å². The maximum absolute atomic E-state index is 11.8. The molecule has 0 saturated heterocycles. The van der Waals surface area contributed by atoms with Crippen molar-refractivity contribution in [3.05, 3.63) is 53.0 Å². The first-order chi connectivity index (χ1) is 8.63. The summed E-state index contributed by atoms with van der Waals surface area (Å²) in [5.74, 6) is -0.315. The summed E-state index contributed by atoms with van der Waals surface area (Å²) >= 11 is 0. The maximum atomic E-state index is 11.8. The van der Waals surface area contributed by atoms with Crippen LogP contribution in [0.1, 0.15) is 25.8 Å². The lowest BCUT2D eigenvalue weighted by atomic mass is 10.1. The predicted octanol–water partition coefficient (Wildman–Crippen LogP) is 3.59. The lowest BCUT2D eigenvalue weighted by molar-refractivity contribution is 0.519. The Morgan fingerprint density at radius 3 is 2.89 bits per heavy atom. The Morgan fingerprint density at radius 1 is 1.44 bits per heavy atom. The molecule has 0 bridgehead atoms. The Kier molecular flexibility index (Phi) is 3.51. The standard InChI is InChI=1S/C15H17NO2/c1-4-5-6-9-16-13-8-7-12(11(2)3)10-14(13)18-15(16)17/h5-8,10H,2,4,9H2,1,3H3/b6-5+. The molecule has 94 valence electrons. The topological polar surface area (TPSA) is 35.1 Å². The minimum atomic E-state index is -0.315. The zero-order chi connectivity index (χ0) is 13.1. The molecule has 3 nitrogen and oxygen atoms in total. The van der Waals surface area contributed by atoms with Crippen LogP contribution in [0.3, 0.4) is 0 Å². The maximum Gasteiger partial charge on any atom is 0.420 e. The minimum Gasteiger partial charge on any atom is -0.408 e. The van der Waals surface area contributed by atoms with E-state index in [9.17, 15) is 4.79 Å². The fraction of sp³-hybridized carbons (Fsp3) is 0.267. The molecule has 2 rings (SSSR count). The van der Waals surface area contributed by atoms with Crippen molar-refractivity contribution >= 4 is 16.7 Å². The highest BCUT2D eigenvalue weighted by molar-refractivity contribution is 5.78. The van der Waals surface area contributed by atoms with Gasteiger partial charge in [0.05, 0.1) is 5.52 Å². The van der Waals surface area contributed by atoms with E-state index in [4.69, 9.17) is 4.42 Å². The fourth-order valence-corrected chi connectivity index (χ4v) is 1.85. The van der Waals surface area contributed by atoms with Gasteiger partial charge < -0.3 is 4.42 Å². The first-order valence-electron chi connectivity index (χ1n) is 6.07. The van der Waals surface area contributed by atoms with Gasteiger partial charge in [-0.25, -0.2) is 4.79 Å². The molecule has 0 unspecified atom stereocenters. The van der Waals surface area contributed by atoms with Crippen LogP contribution >= 0.6 is 0 Å². The predicted molar refractivity (Wildman–Crippen MR) is 74.6 cm³/mol. The van der Waals surface area contributed by atoms with Crippen LogP contribution in [0.5, 0.6) is 0 Å². The molecular formula is C15H17NO2. The van der Waals surface area contributed by atoms with Gasteiger partial charge in [0.1, 0.15) is 0 Å². The van der Waals surface area contributed by atoms with Gasteiger partial charge in [-0.15, -0.1) is 0 Å². The van der Waals surface area contributed by atoms with E-state index < -0.39 is 0 Å². The monoisotopic (exact) mass is 243 g/mol. The highest BCUT2D eigenvalue weighted by Crippen LogP contribution is 2.19. The molecule has 0 spiro atoms. The molecule has 0 N–H and O–H groups in total. The molecule has 0 radical (unpaired) electrons. The quantitative estimate of drug-likeness (QED) is 0.769. The van der Waals surface area contributed by atoms with Crippen LogP contribution in [0.2, 0.25) is 0 Å². The molecule has 18 heavy (non-hydrogen) atoms.